The van der Waals surface area contributed by atoms with Gasteiger partial charge in [0.05, 0.1) is 21.2 Å². The van der Waals surface area contributed by atoms with E-state index in [0.717, 1.165) is 4.88 Å². The molecule has 0 unspecified atom stereocenters. The number of hydrogen-bond acceptors (Lipinski definition) is 5. The lowest BCUT2D eigenvalue weighted by Crippen LogP contribution is -2.43. The third-order valence-corrected chi connectivity index (χ3v) is 8.97. The highest BCUT2D eigenvalue weighted by Gasteiger charge is 2.33. The lowest BCUT2D eigenvalue weighted by atomic mass is 10.5. The number of alkyl halides is 1. The first-order valence-corrected chi connectivity index (χ1v) is 10.7. The van der Waals surface area contributed by atoms with E-state index >= 15 is 0 Å². The minimum absolute atomic E-state index is 0.00314. The zero-order chi connectivity index (χ0) is 14.3. The van der Waals surface area contributed by atoms with E-state index in [1.165, 1.54) is 21.7 Å². The Kier molecular flexibility index (Phi) is 4.64. The molecule has 0 saturated carbocycles. The second kappa shape index (κ2) is 5.61. The van der Waals surface area contributed by atoms with E-state index in [1.54, 1.807) is 0 Å². The lowest BCUT2D eigenvalue weighted by molar-refractivity contribution is 0.430. The second-order valence-electron chi connectivity index (χ2n) is 4.04. The number of halogens is 2. The third kappa shape index (κ3) is 3.33. The van der Waals surface area contributed by atoms with Crippen molar-refractivity contribution in [1.82, 2.24) is 4.31 Å². The smallest absolute Gasteiger partial charge is 0.229 e. The van der Waals surface area contributed by atoms with Crippen LogP contribution in [0.2, 0.25) is 0 Å². The Morgan fingerprint density at radius 3 is 2.42 bits per heavy atom. The van der Waals surface area contributed by atoms with Crippen LogP contribution in [-0.2, 0) is 25.7 Å². The normalized spacial score (nSPS) is 20.5. The van der Waals surface area contributed by atoms with E-state index in [0.29, 0.717) is 3.79 Å². The second-order valence-corrected chi connectivity index (χ2v) is 11.0. The van der Waals surface area contributed by atoms with Crippen molar-refractivity contribution in [3.05, 3.63) is 14.7 Å². The van der Waals surface area contributed by atoms with Gasteiger partial charge < -0.3 is 0 Å². The fraction of sp³-hybridized carbons (Fsp3) is 0.556. The first kappa shape index (κ1) is 15.7. The van der Waals surface area contributed by atoms with Crippen LogP contribution < -0.4 is 0 Å². The summed E-state index contributed by atoms with van der Waals surface area (Å²) in [6.07, 6.45) is 0. The molecule has 108 valence electrons. The van der Waals surface area contributed by atoms with Crippen molar-refractivity contribution in [3.8, 4) is 0 Å². The highest BCUT2D eigenvalue weighted by molar-refractivity contribution is 9.11. The largest absolute Gasteiger partial charge is 0.245 e. The van der Waals surface area contributed by atoms with Gasteiger partial charge in [-0.3, -0.25) is 0 Å². The van der Waals surface area contributed by atoms with Gasteiger partial charge in [-0.05, 0) is 22.0 Å². The van der Waals surface area contributed by atoms with Gasteiger partial charge in [0, 0.05) is 18.0 Å². The zero-order valence-electron chi connectivity index (χ0n) is 9.67. The molecule has 2 rings (SSSR count). The molecule has 1 aliphatic heterocycles. The zero-order valence-corrected chi connectivity index (χ0v) is 14.5. The number of sulfone groups is 1. The van der Waals surface area contributed by atoms with Crippen LogP contribution >= 0.6 is 38.9 Å². The van der Waals surface area contributed by atoms with Gasteiger partial charge in [0.1, 0.15) is 4.90 Å². The topological polar surface area (TPSA) is 71.5 Å². The fourth-order valence-electron chi connectivity index (χ4n) is 1.71. The molecule has 0 bridgehead atoms. The predicted molar refractivity (Wildman–Crippen MR) is 79.0 cm³/mol. The summed E-state index contributed by atoms with van der Waals surface area (Å²) in [5.74, 6) is -0.0140. The lowest BCUT2D eigenvalue weighted by Gasteiger charge is -2.25. The number of nitrogens with zero attached hydrogens (tertiary/aromatic N) is 1. The molecule has 1 aliphatic rings. The van der Waals surface area contributed by atoms with Crippen molar-refractivity contribution in [2.45, 2.75) is 10.8 Å². The molecule has 0 aliphatic carbocycles. The summed E-state index contributed by atoms with van der Waals surface area (Å²) in [6, 6.07) is 1.53. The first-order valence-electron chi connectivity index (χ1n) is 5.31. The summed E-state index contributed by atoms with van der Waals surface area (Å²) < 4.78 is 49.2. The molecule has 2 heterocycles. The first-order chi connectivity index (χ1) is 8.76. The van der Waals surface area contributed by atoms with Crippen LogP contribution in [0.5, 0.6) is 0 Å². The average Bonchev–Trinajstić information content (AvgIpc) is 2.70. The molecule has 0 atom stereocenters. The van der Waals surface area contributed by atoms with Crippen LogP contribution in [0.15, 0.2) is 14.7 Å². The summed E-state index contributed by atoms with van der Waals surface area (Å²) in [5.41, 5.74) is 0. The van der Waals surface area contributed by atoms with Crippen molar-refractivity contribution in [3.63, 3.8) is 0 Å². The van der Waals surface area contributed by atoms with Gasteiger partial charge in [0.2, 0.25) is 10.0 Å². The number of hydrogen-bond donors (Lipinski definition) is 0. The molecule has 0 radical (unpaired) electrons. The van der Waals surface area contributed by atoms with E-state index < -0.39 is 19.9 Å². The maximum absolute atomic E-state index is 12.4. The summed E-state index contributed by atoms with van der Waals surface area (Å²) in [5, 5.41) is 0. The molecular formula is C9H11BrClNO4S3. The quantitative estimate of drug-likeness (QED) is 0.713. The van der Waals surface area contributed by atoms with Gasteiger partial charge in [-0.2, -0.15) is 4.31 Å². The molecule has 1 saturated heterocycles. The van der Waals surface area contributed by atoms with Crippen molar-refractivity contribution >= 4 is 58.7 Å². The Hall–Kier alpha value is 0.330. The molecule has 0 aromatic carbocycles. The number of rotatable bonds is 3. The van der Waals surface area contributed by atoms with Crippen LogP contribution in [0, 0.1) is 0 Å². The highest BCUT2D eigenvalue weighted by Crippen LogP contribution is 2.34. The van der Waals surface area contributed by atoms with E-state index in [9.17, 15) is 16.8 Å². The Bertz CT molecular complexity index is 668. The van der Waals surface area contributed by atoms with Crippen molar-refractivity contribution in [2.24, 2.45) is 0 Å². The van der Waals surface area contributed by atoms with Gasteiger partial charge in [-0.15, -0.1) is 22.9 Å². The monoisotopic (exact) mass is 407 g/mol. The highest BCUT2D eigenvalue weighted by atomic mass is 79.9. The van der Waals surface area contributed by atoms with Gasteiger partial charge in [0.15, 0.2) is 9.84 Å². The fourth-order valence-corrected chi connectivity index (χ4v) is 7.31. The summed E-state index contributed by atoms with van der Waals surface area (Å²) >= 11 is 10.2. The number of sulfonamides is 1. The van der Waals surface area contributed by atoms with Gasteiger partial charge in [-0.1, -0.05) is 0 Å². The van der Waals surface area contributed by atoms with E-state index in [4.69, 9.17) is 11.6 Å². The van der Waals surface area contributed by atoms with Crippen LogP contribution in [-0.4, -0.2) is 45.7 Å². The molecule has 0 amide bonds. The average molecular weight is 409 g/mol. The van der Waals surface area contributed by atoms with Crippen LogP contribution in [0.4, 0.5) is 0 Å². The molecular weight excluding hydrogens is 398 g/mol. The Balaban J connectivity index is 2.30. The standard InChI is InChI=1S/C9H11BrClNO4S3/c10-9-8(5-7(6-11)17-9)19(15,16)12-1-3-18(13,14)4-2-12/h5H,1-4,6H2. The van der Waals surface area contributed by atoms with E-state index in [1.807, 2.05) is 0 Å². The van der Waals surface area contributed by atoms with Crippen LogP contribution in [0.1, 0.15) is 4.88 Å². The summed E-state index contributed by atoms with van der Waals surface area (Å²) in [7, 11) is -6.76. The predicted octanol–water partition coefficient (Wildman–Crippen LogP) is 1.67. The summed E-state index contributed by atoms with van der Waals surface area (Å²) in [4.78, 5) is 0.907. The maximum Gasteiger partial charge on any atom is 0.245 e. The molecule has 0 N–H and O–H groups in total. The minimum Gasteiger partial charge on any atom is -0.229 e. The Labute approximate surface area is 129 Å². The molecule has 19 heavy (non-hydrogen) atoms. The van der Waals surface area contributed by atoms with Gasteiger partial charge >= 0.3 is 0 Å². The SMILES string of the molecule is O=S1(=O)CCN(S(=O)(=O)c2cc(CCl)sc2Br)CC1. The maximum atomic E-state index is 12.4. The molecule has 1 aromatic heterocycles. The molecule has 10 heteroatoms. The van der Waals surface area contributed by atoms with Crippen molar-refractivity contribution in [2.75, 3.05) is 24.6 Å². The number of thiophene rings is 1. The molecule has 1 aromatic rings. The van der Waals surface area contributed by atoms with Crippen molar-refractivity contribution < 1.29 is 16.8 Å². The Morgan fingerprint density at radius 1 is 1.37 bits per heavy atom. The van der Waals surface area contributed by atoms with Gasteiger partial charge in [0.25, 0.3) is 0 Å². The minimum atomic E-state index is -3.66. The van der Waals surface area contributed by atoms with Crippen LogP contribution in [0.3, 0.4) is 0 Å². The molecule has 0 spiro atoms. The summed E-state index contributed by atoms with van der Waals surface area (Å²) in [6.45, 7) is 0.00627. The van der Waals surface area contributed by atoms with Crippen LogP contribution in [0.25, 0.3) is 0 Å². The molecule has 5 nitrogen and oxygen atoms in total. The van der Waals surface area contributed by atoms with Gasteiger partial charge in [-0.25, -0.2) is 16.8 Å². The van der Waals surface area contributed by atoms with Crippen molar-refractivity contribution in [1.29, 1.82) is 0 Å². The van der Waals surface area contributed by atoms with E-state index in [-0.39, 0.29) is 35.4 Å². The Morgan fingerprint density at radius 2 is 1.95 bits per heavy atom. The third-order valence-electron chi connectivity index (χ3n) is 2.76. The van der Waals surface area contributed by atoms with E-state index in [2.05, 4.69) is 15.9 Å². The molecule has 1 fully saturated rings.